The van der Waals surface area contributed by atoms with Crippen LogP contribution in [0.3, 0.4) is 0 Å². The minimum Gasteiger partial charge on any atom is -0.444 e. The molecule has 0 aliphatic carbocycles. The number of carbonyl (C=O) groups excluding carboxylic acids is 2. The monoisotopic (exact) mass is 471 g/mol. The first-order valence-electron chi connectivity index (χ1n) is 12.1. The van der Waals surface area contributed by atoms with Crippen LogP contribution in [0.15, 0.2) is 17.1 Å². The van der Waals surface area contributed by atoms with Gasteiger partial charge in [-0.3, -0.25) is 4.79 Å². The molecule has 3 aliphatic rings. The third kappa shape index (κ3) is 5.14. The summed E-state index contributed by atoms with van der Waals surface area (Å²) in [6.07, 6.45) is 1.48. The molecule has 0 saturated carbocycles. The molecule has 2 amide bonds. The second-order valence-corrected chi connectivity index (χ2v) is 10.5. The maximum Gasteiger partial charge on any atom is 0.410 e. The molecule has 34 heavy (non-hydrogen) atoms. The standard InChI is InChI=1S/C25H37N5O4/c1-16-15-29(10-11-33-16)21-14-26-19-13-17(23(31)28(5)6)12-18(22(19)27-21)20-8-7-9-30(20)24(32)34-25(2,3)4/h12-13,16,20,26H,7-11,14-15H2,1-6H3/t16-,20?/m1/s1. The third-order valence-electron chi connectivity index (χ3n) is 6.32. The highest BCUT2D eigenvalue weighted by molar-refractivity contribution is 6.00. The van der Waals surface area contributed by atoms with Crippen molar-refractivity contribution in [3.63, 3.8) is 0 Å². The van der Waals surface area contributed by atoms with E-state index in [0.29, 0.717) is 25.3 Å². The molecule has 0 aromatic heterocycles. The highest BCUT2D eigenvalue weighted by Crippen LogP contribution is 2.43. The Balaban J connectivity index is 1.75. The lowest BCUT2D eigenvalue weighted by molar-refractivity contribution is 0.00547. The molecule has 3 heterocycles. The van der Waals surface area contributed by atoms with Crippen molar-refractivity contribution in [3.05, 3.63) is 23.3 Å². The molecular formula is C25H37N5O4. The number of anilines is 1. The summed E-state index contributed by atoms with van der Waals surface area (Å²) >= 11 is 0. The van der Waals surface area contributed by atoms with Crippen molar-refractivity contribution >= 4 is 29.2 Å². The van der Waals surface area contributed by atoms with Crippen molar-refractivity contribution in [2.75, 3.05) is 52.2 Å². The maximum absolute atomic E-state index is 13.0. The molecule has 2 saturated heterocycles. The molecule has 1 aromatic rings. The quantitative estimate of drug-likeness (QED) is 0.709. The topological polar surface area (TPSA) is 86.7 Å². The Labute approximate surface area is 202 Å². The number of nitrogens with zero attached hydrogens (tertiary/aromatic N) is 4. The zero-order chi connectivity index (χ0) is 24.6. The molecule has 9 nitrogen and oxygen atoms in total. The largest absolute Gasteiger partial charge is 0.444 e. The summed E-state index contributed by atoms with van der Waals surface area (Å²) < 4.78 is 11.4. The molecular weight excluding hydrogens is 434 g/mol. The number of carbonyl (C=O) groups is 2. The summed E-state index contributed by atoms with van der Waals surface area (Å²) in [6, 6.07) is 3.58. The van der Waals surface area contributed by atoms with Crippen LogP contribution in [0.4, 0.5) is 16.2 Å². The zero-order valence-electron chi connectivity index (χ0n) is 21.2. The van der Waals surface area contributed by atoms with E-state index in [9.17, 15) is 9.59 Å². The molecule has 1 unspecified atom stereocenters. The number of amidine groups is 1. The van der Waals surface area contributed by atoms with E-state index in [1.54, 1.807) is 23.9 Å². The van der Waals surface area contributed by atoms with Gasteiger partial charge in [-0.15, -0.1) is 0 Å². The summed E-state index contributed by atoms with van der Waals surface area (Å²) in [5.41, 5.74) is 2.52. The van der Waals surface area contributed by atoms with Crippen molar-refractivity contribution in [2.24, 2.45) is 4.99 Å². The minimum atomic E-state index is -0.577. The number of aliphatic imine (C=N–C) groups is 1. The third-order valence-corrected chi connectivity index (χ3v) is 6.32. The summed E-state index contributed by atoms with van der Waals surface area (Å²) in [4.78, 5) is 36.6. The minimum absolute atomic E-state index is 0.0792. The predicted molar refractivity (Wildman–Crippen MR) is 132 cm³/mol. The van der Waals surface area contributed by atoms with Crippen molar-refractivity contribution in [1.82, 2.24) is 14.7 Å². The highest BCUT2D eigenvalue weighted by atomic mass is 16.6. The smallest absolute Gasteiger partial charge is 0.410 e. The number of fused-ring (bicyclic) bond motifs is 1. The number of morpholine rings is 1. The van der Waals surface area contributed by atoms with E-state index in [-0.39, 0.29) is 24.1 Å². The van der Waals surface area contributed by atoms with Gasteiger partial charge in [-0.25, -0.2) is 9.79 Å². The van der Waals surface area contributed by atoms with Gasteiger partial charge in [0.15, 0.2) is 0 Å². The molecule has 0 radical (unpaired) electrons. The van der Waals surface area contributed by atoms with Gasteiger partial charge >= 0.3 is 6.09 Å². The Morgan fingerprint density at radius 3 is 2.68 bits per heavy atom. The normalized spacial score (nSPS) is 22.6. The molecule has 186 valence electrons. The van der Waals surface area contributed by atoms with E-state index in [1.165, 1.54) is 0 Å². The van der Waals surface area contributed by atoms with Gasteiger partial charge in [0.1, 0.15) is 11.4 Å². The van der Waals surface area contributed by atoms with Crippen LogP contribution in [0.25, 0.3) is 0 Å². The van der Waals surface area contributed by atoms with Gasteiger partial charge in [-0.05, 0) is 52.7 Å². The van der Waals surface area contributed by atoms with Crippen LogP contribution in [0, 0.1) is 0 Å². The number of benzene rings is 1. The van der Waals surface area contributed by atoms with Crippen LogP contribution in [0.2, 0.25) is 0 Å². The van der Waals surface area contributed by atoms with Crippen molar-refractivity contribution in [3.8, 4) is 0 Å². The molecule has 2 atom stereocenters. The van der Waals surface area contributed by atoms with E-state index in [0.717, 1.165) is 48.7 Å². The summed E-state index contributed by atoms with van der Waals surface area (Å²) in [6.45, 7) is 11.1. The van der Waals surface area contributed by atoms with E-state index >= 15 is 0 Å². The molecule has 2 fully saturated rings. The van der Waals surface area contributed by atoms with Gasteiger partial charge in [0.2, 0.25) is 0 Å². The van der Waals surface area contributed by atoms with Gasteiger partial charge in [0.25, 0.3) is 5.91 Å². The van der Waals surface area contributed by atoms with Crippen molar-refractivity contribution in [1.29, 1.82) is 0 Å². The highest BCUT2D eigenvalue weighted by Gasteiger charge is 2.36. The van der Waals surface area contributed by atoms with Crippen LogP contribution in [0.5, 0.6) is 0 Å². The lowest BCUT2D eigenvalue weighted by Crippen LogP contribution is -2.47. The summed E-state index contributed by atoms with van der Waals surface area (Å²) in [5.74, 6) is 0.877. The summed E-state index contributed by atoms with van der Waals surface area (Å²) in [5, 5.41) is 3.49. The van der Waals surface area contributed by atoms with E-state index in [1.807, 2.05) is 32.9 Å². The molecule has 4 rings (SSSR count). The fourth-order valence-corrected chi connectivity index (χ4v) is 4.76. The second kappa shape index (κ2) is 9.44. The van der Waals surface area contributed by atoms with Crippen LogP contribution in [-0.2, 0) is 9.47 Å². The number of amides is 2. The SMILES string of the molecule is C[C@@H]1CN(C2=Nc3c(cc(C(=O)N(C)C)cc3C3CCCN3C(=O)OC(C)(C)C)NC2)CCO1. The average molecular weight is 472 g/mol. The van der Waals surface area contributed by atoms with Gasteiger partial charge in [0.05, 0.1) is 36.7 Å². The lowest BCUT2D eigenvalue weighted by atomic mass is 9.97. The average Bonchev–Trinajstić information content (AvgIpc) is 3.26. The number of hydrogen-bond acceptors (Lipinski definition) is 7. The molecule has 1 aromatic carbocycles. The fourth-order valence-electron chi connectivity index (χ4n) is 4.76. The maximum atomic E-state index is 13.0. The molecule has 0 bridgehead atoms. The first-order chi connectivity index (χ1) is 16.0. The first kappa shape index (κ1) is 24.3. The molecule has 1 N–H and O–H groups in total. The number of ether oxygens (including phenoxy) is 2. The van der Waals surface area contributed by atoms with Gasteiger partial charge in [0, 0.05) is 44.9 Å². The zero-order valence-corrected chi connectivity index (χ0v) is 21.2. The Bertz CT molecular complexity index is 984. The number of hydrogen-bond donors (Lipinski definition) is 1. The van der Waals surface area contributed by atoms with Crippen LogP contribution in [0.1, 0.15) is 62.5 Å². The van der Waals surface area contributed by atoms with E-state index < -0.39 is 5.60 Å². The van der Waals surface area contributed by atoms with E-state index in [4.69, 9.17) is 14.5 Å². The van der Waals surface area contributed by atoms with Gasteiger partial charge in [-0.1, -0.05) is 0 Å². The Morgan fingerprint density at radius 2 is 2.00 bits per heavy atom. The predicted octanol–water partition coefficient (Wildman–Crippen LogP) is 3.64. The van der Waals surface area contributed by atoms with E-state index in [2.05, 4.69) is 17.1 Å². The number of nitrogens with one attached hydrogen (secondary N) is 1. The Morgan fingerprint density at radius 1 is 1.24 bits per heavy atom. The molecule has 3 aliphatic heterocycles. The summed E-state index contributed by atoms with van der Waals surface area (Å²) in [7, 11) is 3.49. The lowest BCUT2D eigenvalue weighted by Gasteiger charge is -2.36. The van der Waals surface area contributed by atoms with Gasteiger partial charge in [-0.2, -0.15) is 0 Å². The van der Waals surface area contributed by atoms with Crippen molar-refractivity contribution < 1.29 is 19.1 Å². The molecule has 9 heteroatoms. The van der Waals surface area contributed by atoms with Crippen LogP contribution < -0.4 is 5.32 Å². The molecule has 0 spiro atoms. The van der Waals surface area contributed by atoms with Crippen LogP contribution in [-0.4, -0.2) is 91.1 Å². The van der Waals surface area contributed by atoms with Gasteiger partial charge < -0.3 is 29.5 Å². The fraction of sp³-hybridized carbons (Fsp3) is 0.640. The Hall–Kier alpha value is -2.81. The van der Waals surface area contributed by atoms with Crippen LogP contribution >= 0.6 is 0 Å². The first-order valence-corrected chi connectivity index (χ1v) is 12.1. The Kier molecular flexibility index (Phi) is 6.75. The second-order valence-electron chi connectivity index (χ2n) is 10.5. The number of rotatable bonds is 2. The number of likely N-dealkylation sites (tertiary alicyclic amines) is 1. The van der Waals surface area contributed by atoms with Crippen molar-refractivity contribution in [2.45, 2.75) is 58.3 Å².